The van der Waals surface area contributed by atoms with Crippen molar-refractivity contribution in [2.45, 2.75) is 114 Å². The summed E-state index contributed by atoms with van der Waals surface area (Å²) < 4.78 is 47.9. The molecule has 1 aromatic heterocycles. The summed E-state index contributed by atoms with van der Waals surface area (Å²) in [6.45, 7) is 6.85. The number of carbonyl (C=O) groups excluding carboxylic acids is 7. The average Bonchev–Trinajstić information content (AvgIpc) is 4.03. The van der Waals surface area contributed by atoms with Gasteiger partial charge in [-0.25, -0.2) is 14.4 Å². The molecule has 6 amide bonds. The van der Waals surface area contributed by atoms with Crippen molar-refractivity contribution < 1.29 is 76.6 Å². The number of carbonyl (C=O) groups is 7. The summed E-state index contributed by atoms with van der Waals surface area (Å²) in [5, 5.41) is 21.5. The van der Waals surface area contributed by atoms with Crippen molar-refractivity contribution in [2.75, 3.05) is 66.2 Å². The number of nitrogens with one attached hydrogen (secondary N) is 3. The van der Waals surface area contributed by atoms with Gasteiger partial charge in [0.15, 0.2) is 12.5 Å². The van der Waals surface area contributed by atoms with E-state index >= 15 is 0 Å². The monoisotopic (exact) mass is 1150 g/mol. The van der Waals surface area contributed by atoms with Crippen molar-refractivity contribution in [1.82, 2.24) is 25.4 Å². The number of rotatable bonds is 20. The predicted molar refractivity (Wildman–Crippen MR) is 297 cm³/mol. The van der Waals surface area contributed by atoms with Gasteiger partial charge in [-0.1, -0.05) is 78.7 Å². The highest BCUT2D eigenvalue weighted by atomic mass is 35.5. The van der Waals surface area contributed by atoms with Gasteiger partial charge in [-0.2, -0.15) is 0 Å². The Labute approximate surface area is 474 Å². The summed E-state index contributed by atoms with van der Waals surface area (Å²) >= 11 is 6.81. The highest BCUT2D eigenvalue weighted by Gasteiger charge is 2.64. The number of nitrogens with zero attached hydrogens (tertiary/aromatic N) is 3. The number of fused-ring (bicyclic) bond motifs is 8. The van der Waals surface area contributed by atoms with Crippen LogP contribution in [0, 0.1) is 5.92 Å². The van der Waals surface area contributed by atoms with Crippen molar-refractivity contribution in [1.29, 1.82) is 0 Å². The van der Waals surface area contributed by atoms with Crippen molar-refractivity contribution >= 4 is 80.9 Å². The average molecular weight is 1150 g/mol. The minimum atomic E-state index is -1.89. The Bertz CT molecular complexity index is 2990. The van der Waals surface area contributed by atoms with E-state index in [1.54, 1.807) is 45.2 Å². The van der Waals surface area contributed by atoms with E-state index in [1.165, 1.54) is 38.0 Å². The van der Waals surface area contributed by atoms with Gasteiger partial charge in [-0.15, -0.1) is 0 Å². The van der Waals surface area contributed by atoms with Crippen molar-refractivity contribution in [3.8, 4) is 5.75 Å². The Morgan fingerprint density at radius 1 is 1.00 bits per heavy atom. The normalized spacial score (nSPS) is 24.7. The third-order valence-corrected chi connectivity index (χ3v) is 15.3. The predicted octanol–water partition coefficient (Wildman–Crippen LogP) is 4.79. The number of allylic oxidation sites excluding steroid dienone is 3. The van der Waals surface area contributed by atoms with Gasteiger partial charge < -0.3 is 73.7 Å². The second-order valence-electron chi connectivity index (χ2n) is 20.6. The third kappa shape index (κ3) is 14.8. The number of esters is 1. The molecule has 24 heteroatoms. The molecule has 0 aliphatic carbocycles. The zero-order chi connectivity index (χ0) is 58.8. The molecule has 6 N–H and O–H groups in total. The van der Waals surface area contributed by atoms with E-state index in [0.717, 1.165) is 32.9 Å². The second-order valence-corrected chi connectivity index (χ2v) is 20.9. The number of benzene rings is 3. The molecule has 438 valence electrons. The van der Waals surface area contributed by atoms with E-state index in [-0.39, 0.29) is 57.6 Å². The Hall–Kier alpha value is -7.28. The standard InChI is InChI=1S/C57H72ClN7O16/c1-33-14-13-19-45(75-8)57(73)31-44(79-55(72)62-57)34(2)51-56(4,81-51)46(30-49(68)64(6)42-27-36(26-33)28-43(74-7)50(42)58)80-53(70)35(3)63(5)48(67)20-22-76-24-25-77-23-21-60-52(69)39(29-47(59)66)61-54(71)78-32-65-40-17-11-9-15-37(40)38-16-10-12-18-41(38)65/h9-19,27-28,34-35,39,44-46,51,73H,20-26,29-32H2,1-8H3,(H2,59,66)(H,60,69)(H,61,71)(H,62,72)/b19-13+,33-14+/t34-,35+,39+,44+,45-,46+,51?,56+,57+/m1/s1. The van der Waals surface area contributed by atoms with Gasteiger partial charge in [-0.05, 0) is 57.0 Å². The van der Waals surface area contributed by atoms with Crippen LogP contribution in [0.25, 0.3) is 21.8 Å². The van der Waals surface area contributed by atoms with E-state index < -0.39 is 108 Å². The summed E-state index contributed by atoms with van der Waals surface area (Å²) in [5.41, 5.74) is 5.88. The lowest BCUT2D eigenvalue weighted by atomic mass is 9.83. The molecule has 0 radical (unpaired) electrons. The fraction of sp³-hybridized carbons (Fsp3) is 0.491. The number of likely N-dealkylation sites (N-methyl/N-ethyl adjacent to an activating group) is 1. The molecule has 3 aromatic carbocycles. The van der Waals surface area contributed by atoms with E-state index in [9.17, 15) is 38.7 Å². The number of hydrogen-bond acceptors (Lipinski definition) is 16. The van der Waals surface area contributed by atoms with E-state index in [2.05, 4.69) is 16.0 Å². The molecule has 9 atom stereocenters. The van der Waals surface area contributed by atoms with Crippen LogP contribution in [0.15, 0.2) is 84.5 Å². The topological polar surface area (TPSA) is 290 Å². The molecule has 4 bridgehead atoms. The largest absolute Gasteiger partial charge is 0.495 e. The first-order valence-electron chi connectivity index (χ1n) is 26.5. The minimum Gasteiger partial charge on any atom is -0.495 e. The van der Waals surface area contributed by atoms with E-state index in [1.807, 2.05) is 66.1 Å². The first-order valence-corrected chi connectivity index (χ1v) is 26.9. The van der Waals surface area contributed by atoms with Crippen molar-refractivity contribution in [3.05, 3.63) is 95.1 Å². The maximum absolute atomic E-state index is 14.4. The van der Waals surface area contributed by atoms with E-state index in [4.69, 9.17) is 55.2 Å². The minimum absolute atomic E-state index is 0.0145. The molecule has 4 heterocycles. The molecule has 7 rings (SSSR count). The highest BCUT2D eigenvalue weighted by Crippen LogP contribution is 2.49. The number of nitrogens with two attached hydrogens (primary N) is 1. The Balaban J connectivity index is 0.898. The maximum atomic E-state index is 14.4. The van der Waals surface area contributed by atoms with Crippen LogP contribution in [0.2, 0.25) is 5.02 Å². The number of epoxide rings is 1. The van der Waals surface area contributed by atoms with Gasteiger partial charge in [-0.3, -0.25) is 24.5 Å². The molecular weight excluding hydrogens is 1070 g/mol. The molecule has 81 heavy (non-hydrogen) atoms. The molecule has 3 aliphatic heterocycles. The highest BCUT2D eigenvalue weighted by molar-refractivity contribution is 6.35. The lowest BCUT2D eigenvalue weighted by Crippen LogP contribution is -2.63. The molecule has 4 aromatic rings. The Kier molecular flexibility index (Phi) is 20.4. The Morgan fingerprint density at radius 2 is 1.67 bits per heavy atom. The number of anilines is 1. The van der Waals surface area contributed by atoms with Gasteiger partial charge in [0, 0.05) is 50.9 Å². The summed E-state index contributed by atoms with van der Waals surface area (Å²) in [5.74, 6) is -3.54. The molecule has 2 fully saturated rings. The van der Waals surface area contributed by atoms with Gasteiger partial charge in [0.2, 0.25) is 23.6 Å². The number of amides is 6. The first kappa shape index (κ1) is 61.3. The fourth-order valence-corrected chi connectivity index (χ4v) is 10.4. The number of hydrogen-bond donors (Lipinski definition) is 5. The van der Waals surface area contributed by atoms with Gasteiger partial charge in [0.1, 0.15) is 46.8 Å². The number of primary amides is 1. The second kappa shape index (κ2) is 27.0. The molecule has 0 saturated carbocycles. The zero-order valence-corrected chi connectivity index (χ0v) is 47.4. The van der Waals surface area contributed by atoms with Crippen LogP contribution in [0.4, 0.5) is 15.3 Å². The lowest BCUT2D eigenvalue weighted by Gasteiger charge is -2.42. The van der Waals surface area contributed by atoms with Crippen LogP contribution in [0.3, 0.4) is 0 Å². The first-order chi connectivity index (χ1) is 38.6. The number of aromatic nitrogens is 1. The SMILES string of the molecule is COc1cc2cc(c1Cl)N(C)C(=O)C[C@H](OC(=O)[C@H](C)N(C)C(=O)CCOCCOCCNC(=O)[C@H](CC(N)=O)NC(=O)OCn1c3ccccc3c3ccccc31)[C@]1(C)OC1[C@H](C)[C@@H]1C[C@@](O)(NC(=O)O1)[C@H](OC)/C=C/C=C(\C)C2. The summed E-state index contributed by atoms with van der Waals surface area (Å²) in [7, 11) is 5.85. The molecule has 0 spiro atoms. The molecule has 1 unspecified atom stereocenters. The number of alkyl carbamates (subject to hydrolysis) is 2. The molecule has 23 nitrogen and oxygen atoms in total. The van der Waals surface area contributed by atoms with Crippen molar-refractivity contribution in [2.24, 2.45) is 11.7 Å². The van der Waals surface area contributed by atoms with Gasteiger partial charge in [0.25, 0.3) is 0 Å². The van der Waals surface area contributed by atoms with E-state index in [0.29, 0.717) is 17.9 Å². The fourth-order valence-electron chi connectivity index (χ4n) is 10.1. The van der Waals surface area contributed by atoms with Crippen molar-refractivity contribution in [3.63, 3.8) is 0 Å². The van der Waals surface area contributed by atoms with Gasteiger partial charge in [0.05, 0.1) is 75.6 Å². The van der Waals surface area contributed by atoms with Crippen LogP contribution in [-0.4, -0.2) is 165 Å². The van der Waals surface area contributed by atoms with Crippen LogP contribution in [0.1, 0.15) is 58.9 Å². The number of aliphatic hydroxyl groups is 1. The van der Waals surface area contributed by atoms with Crippen LogP contribution in [0.5, 0.6) is 5.75 Å². The number of ether oxygens (including phenoxy) is 8. The smallest absolute Gasteiger partial charge is 0.409 e. The molecule has 3 aliphatic rings. The van der Waals surface area contributed by atoms with Gasteiger partial charge >= 0.3 is 18.2 Å². The Morgan fingerprint density at radius 3 is 2.32 bits per heavy atom. The molecular formula is C57H72ClN7O16. The quantitative estimate of drug-likeness (QED) is 0.0344. The van der Waals surface area contributed by atoms with Crippen LogP contribution < -0.4 is 31.3 Å². The summed E-state index contributed by atoms with van der Waals surface area (Å²) in [6, 6.07) is 16.4. The third-order valence-electron chi connectivity index (χ3n) is 14.9. The number of halogens is 1. The zero-order valence-electron chi connectivity index (χ0n) is 46.7. The number of methoxy groups -OCH3 is 2. The lowest BCUT2D eigenvalue weighted by molar-refractivity contribution is -0.162. The molecule has 2 saturated heterocycles. The maximum Gasteiger partial charge on any atom is 0.409 e. The van der Waals surface area contributed by atoms with Crippen LogP contribution in [-0.2, 0) is 70.3 Å². The summed E-state index contributed by atoms with van der Waals surface area (Å²) in [4.78, 5) is 95.1. The summed E-state index contributed by atoms with van der Waals surface area (Å²) in [6.07, 6.45) is -1.18. The van der Waals surface area contributed by atoms with Crippen LogP contribution >= 0.6 is 11.6 Å². The number of para-hydroxylation sites is 2.